The molecule has 14 heteroatoms. The summed E-state index contributed by atoms with van der Waals surface area (Å²) in [4.78, 5) is 21.9. The molecule has 0 radical (unpaired) electrons. The zero-order valence-electron chi connectivity index (χ0n) is 37.4. The molecule has 59 heavy (non-hydrogen) atoms. The summed E-state index contributed by atoms with van der Waals surface area (Å²) in [7, 11) is 0. The summed E-state index contributed by atoms with van der Waals surface area (Å²) in [6.45, 7) is 32.8. The van der Waals surface area contributed by atoms with Crippen molar-refractivity contribution in [1.29, 1.82) is 0 Å². The fourth-order valence-electron chi connectivity index (χ4n) is 4.30. The smallest absolute Gasteiger partial charge is 0.264 e. The van der Waals surface area contributed by atoms with Gasteiger partial charge in [-0.3, -0.25) is 9.97 Å². The number of halogens is 6. The van der Waals surface area contributed by atoms with Crippen LogP contribution in [0, 0.1) is 6.92 Å². The largest absolute Gasteiger partial charge is 0.451 e. The molecular formula is C45H62F6N8. The number of aryl methyl sites for hydroxylation is 1. The van der Waals surface area contributed by atoms with Gasteiger partial charge in [0.25, 0.3) is 0 Å². The second-order valence-corrected chi connectivity index (χ2v) is 19.0. The first-order chi connectivity index (χ1) is 26.6. The Kier molecular flexibility index (Phi) is 18.5. The van der Waals surface area contributed by atoms with Crippen molar-refractivity contribution in [1.82, 2.24) is 40.1 Å². The van der Waals surface area contributed by atoms with Gasteiger partial charge in [-0.05, 0) is 85.6 Å². The SMILES string of the molecule is CC(C)(C)c1ccnc(C(F)(F)F)c1.CC(C)(C)c1ccnnc1.CC(C)(C)c1cnc(C(F)(F)F)nc1.CC(C)(C)c1cncnc1.Cc1cncc(C(C)(C)C)c1. The molecule has 0 saturated carbocycles. The Labute approximate surface area is 347 Å². The van der Waals surface area contributed by atoms with Crippen molar-refractivity contribution in [3.8, 4) is 0 Å². The first-order valence-corrected chi connectivity index (χ1v) is 19.0. The molecule has 0 bridgehead atoms. The molecule has 8 nitrogen and oxygen atoms in total. The van der Waals surface area contributed by atoms with Gasteiger partial charge >= 0.3 is 12.4 Å². The van der Waals surface area contributed by atoms with Crippen molar-refractivity contribution in [2.75, 3.05) is 0 Å². The molecule has 5 aromatic rings. The maximum atomic E-state index is 12.3. The van der Waals surface area contributed by atoms with Gasteiger partial charge in [-0.1, -0.05) is 110 Å². The van der Waals surface area contributed by atoms with Crippen LogP contribution < -0.4 is 0 Å². The Balaban J connectivity index is 0.000000372. The van der Waals surface area contributed by atoms with Gasteiger partial charge in [-0.25, -0.2) is 19.9 Å². The Bertz CT molecular complexity index is 1840. The van der Waals surface area contributed by atoms with Crippen molar-refractivity contribution >= 4 is 0 Å². The fourth-order valence-corrected chi connectivity index (χ4v) is 4.30. The number of hydrogen-bond acceptors (Lipinski definition) is 8. The van der Waals surface area contributed by atoms with Crippen LogP contribution in [0.4, 0.5) is 26.3 Å². The van der Waals surface area contributed by atoms with E-state index in [4.69, 9.17) is 0 Å². The summed E-state index contributed by atoms with van der Waals surface area (Å²) >= 11 is 0. The number of rotatable bonds is 0. The van der Waals surface area contributed by atoms with Crippen LogP contribution in [0.25, 0.3) is 0 Å². The molecule has 5 aromatic heterocycles. The van der Waals surface area contributed by atoms with E-state index in [9.17, 15) is 26.3 Å². The molecule has 0 aromatic carbocycles. The number of hydrogen-bond donors (Lipinski definition) is 0. The highest BCUT2D eigenvalue weighted by molar-refractivity contribution is 5.25. The third kappa shape index (κ3) is 20.1. The number of pyridine rings is 2. The molecule has 5 heterocycles. The minimum absolute atomic E-state index is 0.168. The second kappa shape index (κ2) is 20.9. The highest BCUT2D eigenvalue weighted by Crippen LogP contribution is 2.31. The molecular weight excluding hydrogens is 767 g/mol. The van der Waals surface area contributed by atoms with Crippen LogP contribution >= 0.6 is 0 Å². The van der Waals surface area contributed by atoms with Crippen LogP contribution in [-0.4, -0.2) is 40.1 Å². The fraction of sp³-hybridized carbons (Fsp3) is 0.511. The Morgan fingerprint density at radius 3 is 1.17 bits per heavy atom. The van der Waals surface area contributed by atoms with Gasteiger partial charge in [0, 0.05) is 49.6 Å². The lowest BCUT2D eigenvalue weighted by Gasteiger charge is -2.19. The molecule has 324 valence electrons. The Morgan fingerprint density at radius 1 is 0.390 bits per heavy atom. The molecule has 0 aliphatic carbocycles. The summed E-state index contributed by atoms with van der Waals surface area (Å²) in [5.41, 5.74) is 5.49. The molecule has 0 unspecified atom stereocenters. The van der Waals surface area contributed by atoms with E-state index in [1.165, 1.54) is 40.8 Å². The highest BCUT2D eigenvalue weighted by atomic mass is 19.4. The van der Waals surface area contributed by atoms with E-state index in [1.807, 2.05) is 72.4 Å². The van der Waals surface area contributed by atoms with Gasteiger partial charge in [0.05, 0.1) is 6.20 Å². The monoisotopic (exact) mass is 829 g/mol. The van der Waals surface area contributed by atoms with E-state index in [2.05, 4.69) is 115 Å². The minimum atomic E-state index is -4.46. The first kappa shape index (κ1) is 52.1. The topological polar surface area (TPSA) is 103 Å². The van der Waals surface area contributed by atoms with Crippen LogP contribution in [-0.2, 0) is 39.4 Å². The van der Waals surface area contributed by atoms with Crippen LogP contribution in [0.1, 0.15) is 149 Å². The molecule has 0 saturated heterocycles. The van der Waals surface area contributed by atoms with Gasteiger partial charge in [0.1, 0.15) is 12.0 Å². The zero-order valence-corrected chi connectivity index (χ0v) is 37.4. The summed E-state index contributed by atoms with van der Waals surface area (Å²) in [5.74, 6) is -1.09. The summed E-state index contributed by atoms with van der Waals surface area (Å²) in [5, 5.41) is 7.51. The number of aromatic nitrogens is 8. The lowest BCUT2D eigenvalue weighted by molar-refractivity contribution is -0.145. The van der Waals surface area contributed by atoms with Gasteiger partial charge < -0.3 is 0 Å². The minimum Gasteiger partial charge on any atom is -0.264 e. The predicted octanol–water partition coefficient (Wildman–Crippen LogP) is 12.4. The maximum absolute atomic E-state index is 12.3. The normalized spacial score (nSPS) is 12.2. The van der Waals surface area contributed by atoms with E-state index >= 15 is 0 Å². The first-order valence-electron chi connectivity index (χ1n) is 19.0. The predicted molar refractivity (Wildman–Crippen MR) is 223 cm³/mol. The van der Waals surface area contributed by atoms with Crippen LogP contribution in [0.15, 0.2) is 86.4 Å². The Hall–Kier alpha value is -4.88. The van der Waals surface area contributed by atoms with Gasteiger partial charge in [-0.2, -0.15) is 36.5 Å². The molecule has 0 amide bonds. The average Bonchev–Trinajstić information content (AvgIpc) is 3.11. The quantitative estimate of drug-likeness (QED) is 0.142. The zero-order chi connectivity index (χ0) is 45.7. The van der Waals surface area contributed by atoms with Gasteiger partial charge in [-0.15, -0.1) is 0 Å². The molecule has 0 atom stereocenters. The standard InChI is InChI=1S/C10H12F3N.C10H15N.C9H11F3N2.2C8H12N2/c1-9(2,3)7-4-5-14-8(6-7)10(11,12)13;1-8-5-9(7-11-6-8)10(2,3)4;1-8(2,3)6-4-13-7(14-5-6)9(10,11)12;1-8(2,3)7-4-9-6-10-5-7;1-8(2,3)7-4-5-9-10-6-7/h4-6H,1-3H3;5-7H,1-4H3;4-5H,1-3H3;2*4-6H,1-3H3. The third-order valence-corrected chi connectivity index (χ3v) is 8.31. The lowest BCUT2D eigenvalue weighted by atomic mass is 9.87. The van der Waals surface area contributed by atoms with Crippen molar-refractivity contribution in [3.63, 3.8) is 0 Å². The Morgan fingerprint density at radius 2 is 0.831 bits per heavy atom. The van der Waals surface area contributed by atoms with Crippen LogP contribution in [0.2, 0.25) is 0 Å². The van der Waals surface area contributed by atoms with E-state index in [-0.39, 0.29) is 27.1 Å². The highest BCUT2D eigenvalue weighted by Gasteiger charge is 2.35. The molecule has 5 rings (SSSR count). The van der Waals surface area contributed by atoms with Gasteiger partial charge in [0.15, 0.2) is 0 Å². The van der Waals surface area contributed by atoms with Crippen LogP contribution in [0.3, 0.4) is 0 Å². The van der Waals surface area contributed by atoms with Crippen molar-refractivity contribution < 1.29 is 26.3 Å². The van der Waals surface area contributed by atoms with E-state index in [1.54, 1.807) is 24.8 Å². The molecule has 0 N–H and O–H groups in total. The lowest BCUT2D eigenvalue weighted by Crippen LogP contribution is -2.16. The van der Waals surface area contributed by atoms with Crippen molar-refractivity contribution in [2.45, 2.75) is 150 Å². The summed E-state index contributed by atoms with van der Waals surface area (Å²) in [6.07, 6.45) is 7.42. The average molecular weight is 829 g/mol. The summed E-state index contributed by atoms with van der Waals surface area (Å²) < 4.78 is 73.2. The maximum Gasteiger partial charge on any atom is 0.451 e. The van der Waals surface area contributed by atoms with Crippen molar-refractivity contribution in [2.24, 2.45) is 0 Å². The molecule has 0 aliphatic heterocycles. The summed E-state index contributed by atoms with van der Waals surface area (Å²) in [6, 6.07) is 6.88. The number of alkyl halides is 6. The third-order valence-electron chi connectivity index (χ3n) is 8.31. The van der Waals surface area contributed by atoms with E-state index < -0.39 is 23.9 Å². The molecule has 0 fully saturated rings. The van der Waals surface area contributed by atoms with Crippen LogP contribution in [0.5, 0.6) is 0 Å². The molecule has 0 aliphatic rings. The molecule has 0 spiro atoms. The van der Waals surface area contributed by atoms with Crippen molar-refractivity contribution in [3.05, 3.63) is 131 Å². The second-order valence-electron chi connectivity index (χ2n) is 19.0. The van der Waals surface area contributed by atoms with Gasteiger partial charge in [0.2, 0.25) is 5.82 Å². The van der Waals surface area contributed by atoms with E-state index in [0.717, 1.165) is 6.07 Å². The number of nitrogens with zero attached hydrogens (tertiary/aromatic N) is 8. The van der Waals surface area contributed by atoms with E-state index in [0.29, 0.717) is 11.1 Å².